The van der Waals surface area contributed by atoms with E-state index in [4.69, 9.17) is 4.98 Å². The minimum Gasteiger partial charge on any atom is -0.339 e. The smallest absolute Gasteiger partial charge is 0.254 e. The lowest BCUT2D eigenvalue weighted by molar-refractivity contribution is 0.0756. The Balaban J connectivity index is 2.30. The second-order valence-corrected chi connectivity index (χ2v) is 7.08. The molecule has 1 aromatic carbocycles. The molecule has 3 aromatic rings. The Hall–Kier alpha value is -2.69. The molecule has 0 spiro atoms. The van der Waals surface area contributed by atoms with Gasteiger partial charge in [-0.3, -0.25) is 9.48 Å². The van der Waals surface area contributed by atoms with Crippen LogP contribution in [0.4, 0.5) is 0 Å². The first kappa shape index (κ1) is 18.1. The van der Waals surface area contributed by atoms with Crippen LogP contribution >= 0.6 is 0 Å². The van der Waals surface area contributed by atoms with Crippen molar-refractivity contribution in [2.24, 2.45) is 0 Å². The van der Waals surface area contributed by atoms with E-state index >= 15 is 0 Å². The molecule has 0 bridgehead atoms. The molecule has 0 atom stereocenters. The Morgan fingerprint density at radius 1 is 1.27 bits per heavy atom. The van der Waals surface area contributed by atoms with E-state index in [9.17, 15) is 4.79 Å². The van der Waals surface area contributed by atoms with Crippen molar-refractivity contribution in [3.8, 4) is 11.3 Å². The maximum atomic E-state index is 13.3. The minimum absolute atomic E-state index is 0.0274. The number of carbonyl (C=O) groups excluding carboxylic acids is 1. The van der Waals surface area contributed by atoms with Gasteiger partial charge in [-0.2, -0.15) is 5.10 Å². The fourth-order valence-electron chi connectivity index (χ4n) is 3.10. The van der Waals surface area contributed by atoms with Gasteiger partial charge in [0, 0.05) is 36.8 Å². The Bertz CT molecular complexity index is 972. The van der Waals surface area contributed by atoms with Crippen molar-refractivity contribution in [2.45, 2.75) is 47.2 Å². The van der Waals surface area contributed by atoms with Gasteiger partial charge in [0.1, 0.15) is 0 Å². The summed E-state index contributed by atoms with van der Waals surface area (Å²) in [5.41, 5.74) is 5.34. The highest BCUT2D eigenvalue weighted by atomic mass is 16.2. The summed E-state index contributed by atoms with van der Waals surface area (Å²) in [6.45, 7) is 10.9. The molecule has 0 unspecified atom stereocenters. The molecule has 0 saturated heterocycles. The van der Waals surface area contributed by atoms with Gasteiger partial charge in [-0.15, -0.1) is 0 Å². The van der Waals surface area contributed by atoms with Gasteiger partial charge >= 0.3 is 0 Å². The number of hydrogen-bond acceptors (Lipinski definition) is 3. The van der Waals surface area contributed by atoms with Gasteiger partial charge in [0.15, 0.2) is 0 Å². The lowest BCUT2D eigenvalue weighted by Gasteiger charge is -2.24. The van der Waals surface area contributed by atoms with Gasteiger partial charge in [0.25, 0.3) is 5.91 Å². The monoisotopic (exact) mass is 350 g/mol. The third kappa shape index (κ3) is 3.09. The maximum Gasteiger partial charge on any atom is 0.254 e. The number of amides is 1. The molecule has 5 heteroatoms. The highest BCUT2D eigenvalue weighted by Gasteiger charge is 2.23. The van der Waals surface area contributed by atoms with Crippen molar-refractivity contribution in [1.29, 1.82) is 0 Å². The number of benzene rings is 1. The summed E-state index contributed by atoms with van der Waals surface area (Å²) in [7, 11) is 1.85. The van der Waals surface area contributed by atoms with Crippen LogP contribution in [-0.4, -0.2) is 38.7 Å². The number of aromatic nitrogens is 3. The fraction of sp³-hybridized carbons (Fsp3) is 0.381. The average molecular weight is 350 g/mol. The van der Waals surface area contributed by atoms with Gasteiger partial charge in [0.05, 0.1) is 23.0 Å². The number of carbonyl (C=O) groups is 1. The lowest BCUT2D eigenvalue weighted by atomic mass is 9.96. The van der Waals surface area contributed by atoms with Crippen LogP contribution in [0.5, 0.6) is 0 Å². The van der Waals surface area contributed by atoms with E-state index in [0.717, 1.165) is 45.4 Å². The maximum absolute atomic E-state index is 13.3. The van der Waals surface area contributed by atoms with Crippen LogP contribution in [-0.2, 0) is 6.54 Å². The van der Waals surface area contributed by atoms with Crippen LogP contribution in [0.2, 0.25) is 0 Å². The number of aryl methyl sites for hydroxylation is 2. The number of hydrogen-bond donors (Lipinski definition) is 0. The van der Waals surface area contributed by atoms with Crippen LogP contribution in [0.25, 0.3) is 22.2 Å². The van der Waals surface area contributed by atoms with Crippen LogP contribution in [0.1, 0.15) is 42.3 Å². The molecule has 0 aliphatic heterocycles. The van der Waals surface area contributed by atoms with E-state index < -0.39 is 0 Å². The average Bonchev–Trinajstić information content (AvgIpc) is 3.09. The third-order valence-electron chi connectivity index (χ3n) is 4.92. The summed E-state index contributed by atoms with van der Waals surface area (Å²) in [5.74, 6) is 0.0274. The van der Waals surface area contributed by atoms with E-state index in [1.165, 1.54) is 0 Å². The van der Waals surface area contributed by atoms with Crippen molar-refractivity contribution in [1.82, 2.24) is 19.7 Å². The Labute approximate surface area is 154 Å². The first-order chi connectivity index (χ1) is 12.3. The first-order valence-electron chi connectivity index (χ1n) is 9.04. The van der Waals surface area contributed by atoms with Crippen molar-refractivity contribution < 1.29 is 4.79 Å². The molecular weight excluding hydrogens is 324 g/mol. The summed E-state index contributed by atoms with van der Waals surface area (Å²) in [5, 5.41) is 5.27. The van der Waals surface area contributed by atoms with Gasteiger partial charge in [-0.25, -0.2) is 4.98 Å². The quantitative estimate of drug-likeness (QED) is 0.708. The molecule has 3 rings (SSSR count). The summed E-state index contributed by atoms with van der Waals surface area (Å²) >= 11 is 0. The summed E-state index contributed by atoms with van der Waals surface area (Å²) < 4.78 is 1.87. The van der Waals surface area contributed by atoms with Crippen LogP contribution in [0, 0.1) is 13.8 Å². The van der Waals surface area contributed by atoms with E-state index in [2.05, 4.69) is 11.2 Å². The number of fused-ring (bicyclic) bond motifs is 1. The molecule has 0 fully saturated rings. The van der Waals surface area contributed by atoms with E-state index in [-0.39, 0.29) is 11.9 Å². The minimum atomic E-state index is 0.0274. The zero-order chi connectivity index (χ0) is 19.0. The second-order valence-electron chi connectivity index (χ2n) is 7.08. The number of nitrogens with zero attached hydrogens (tertiary/aromatic N) is 4. The van der Waals surface area contributed by atoms with Crippen molar-refractivity contribution in [3.63, 3.8) is 0 Å². The molecule has 0 aliphatic rings. The number of pyridine rings is 1. The van der Waals surface area contributed by atoms with Crippen LogP contribution in [0.3, 0.4) is 0 Å². The van der Waals surface area contributed by atoms with Gasteiger partial charge < -0.3 is 4.90 Å². The number of rotatable bonds is 4. The Morgan fingerprint density at radius 3 is 2.62 bits per heavy atom. The predicted octanol–water partition coefficient (Wildman–Crippen LogP) is 4.22. The van der Waals surface area contributed by atoms with Gasteiger partial charge in [-0.1, -0.05) is 11.6 Å². The summed E-state index contributed by atoms with van der Waals surface area (Å²) in [6.07, 6.45) is 3.80. The molecule has 0 N–H and O–H groups in total. The highest BCUT2D eigenvalue weighted by Crippen LogP contribution is 2.31. The zero-order valence-corrected chi connectivity index (χ0v) is 16.4. The summed E-state index contributed by atoms with van der Waals surface area (Å²) in [6, 6.07) is 6.20. The molecular formula is C21H26N4O. The van der Waals surface area contributed by atoms with Crippen molar-refractivity contribution >= 4 is 16.8 Å². The standard InChI is InChI=1S/C21H26N4O/c1-7-25-12-16(11-22-25)20-15(5)19(21(26)24(6)13(2)3)17-10-14(4)8-9-18(17)23-20/h8-13H,7H2,1-6H3. The van der Waals surface area contributed by atoms with Crippen molar-refractivity contribution in [2.75, 3.05) is 7.05 Å². The van der Waals surface area contributed by atoms with Crippen LogP contribution < -0.4 is 0 Å². The molecule has 0 saturated carbocycles. The first-order valence-corrected chi connectivity index (χ1v) is 9.04. The normalized spacial score (nSPS) is 11.3. The Kier molecular flexibility index (Phi) is 4.81. The summed E-state index contributed by atoms with van der Waals surface area (Å²) in [4.78, 5) is 19.9. The highest BCUT2D eigenvalue weighted by molar-refractivity contribution is 6.09. The van der Waals surface area contributed by atoms with E-state index in [1.807, 2.05) is 70.9 Å². The molecule has 0 aliphatic carbocycles. The lowest BCUT2D eigenvalue weighted by Crippen LogP contribution is -2.33. The zero-order valence-electron chi connectivity index (χ0n) is 16.4. The molecule has 26 heavy (non-hydrogen) atoms. The SMILES string of the molecule is CCn1cc(-c2nc3ccc(C)cc3c(C(=O)N(C)C(C)C)c2C)cn1. The molecule has 2 heterocycles. The molecule has 2 aromatic heterocycles. The largest absolute Gasteiger partial charge is 0.339 e. The molecule has 5 nitrogen and oxygen atoms in total. The molecule has 136 valence electrons. The Morgan fingerprint density at radius 2 is 2.00 bits per heavy atom. The van der Waals surface area contributed by atoms with E-state index in [1.54, 1.807) is 4.90 Å². The van der Waals surface area contributed by atoms with E-state index in [0.29, 0.717) is 0 Å². The second kappa shape index (κ2) is 6.90. The topological polar surface area (TPSA) is 51.0 Å². The third-order valence-corrected chi connectivity index (χ3v) is 4.92. The predicted molar refractivity (Wildman–Crippen MR) is 105 cm³/mol. The molecule has 1 amide bonds. The molecule has 0 radical (unpaired) electrons. The fourth-order valence-corrected chi connectivity index (χ4v) is 3.10. The van der Waals surface area contributed by atoms with Gasteiger partial charge in [-0.05, 0) is 52.3 Å². The van der Waals surface area contributed by atoms with Crippen LogP contribution in [0.15, 0.2) is 30.6 Å². The van der Waals surface area contributed by atoms with Gasteiger partial charge in [0.2, 0.25) is 0 Å². The van der Waals surface area contributed by atoms with Crippen molar-refractivity contribution in [3.05, 3.63) is 47.3 Å².